The van der Waals surface area contributed by atoms with Crippen molar-refractivity contribution in [2.24, 2.45) is 11.8 Å². The van der Waals surface area contributed by atoms with Crippen molar-refractivity contribution in [1.29, 1.82) is 5.26 Å². The standard InChI is InChI=1S/C11H18N2O4S/c1-4-9(5-12)18(15,16)13-6-8(2)10(7-13)11(14)17-3/h8-10H,4,6-7H2,1-3H3. The molecule has 7 heteroatoms. The summed E-state index contributed by atoms with van der Waals surface area (Å²) in [4.78, 5) is 11.5. The average Bonchev–Trinajstić information content (AvgIpc) is 2.72. The van der Waals surface area contributed by atoms with E-state index in [2.05, 4.69) is 4.74 Å². The highest BCUT2D eigenvalue weighted by molar-refractivity contribution is 7.90. The van der Waals surface area contributed by atoms with Crippen molar-refractivity contribution in [2.75, 3.05) is 20.2 Å². The molecule has 0 aromatic carbocycles. The van der Waals surface area contributed by atoms with Crippen LogP contribution in [0.3, 0.4) is 0 Å². The molecule has 0 radical (unpaired) electrons. The number of nitrogens with zero attached hydrogens (tertiary/aromatic N) is 2. The zero-order chi connectivity index (χ0) is 13.9. The van der Waals surface area contributed by atoms with Gasteiger partial charge in [-0.2, -0.15) is 9.57 Å². The first-order valence-corrected chi connectivity index (χ1v) is 7.35. The molecular formula is C11H18N2O4S. The number of esters is 1. The summed E-state index contributed by atoms with van der Waals surface area (Å²) in [5.74, 6) is -0.936. The van der Waals surface area contributed by atoms with Gasteiger partial charge in [0, 0.05) is 13.1 Å². The molecule has 6 nitrogen and oxygen atoms in total. The van der Waals surface area contributed by atoms with Crippen LogP contribution in [-0.4, -0.2) is 44.1 Å². The van der Waals surface area contributed by atoms with E-state index in [0.29, 0.717) is 0 Å². The van der Waals surface area contributed by atoms with Crippen molar-refractivity contribution < 1.29 is 17.9 Å². The van der Waals surface area contributed by atoms with Gasteiger partial charge in [-0.05, 0) is 12.3 Å². The minimum absolute atomic E-state index is 0.0941. The fourth-order valence-electron chi connectivity index (χ4n) is 2.14. The molecule has 1 fully saturated rings. The van der Waals surface area contributed by atoms with Crippen LogP contribution in [0.1, 0.15) is 20.3 Å². The lowest BCUT2D eigenvalue weighted by Crippen LogP contribution is -2.37. The first kappa shape index (κ1) is 14.9. The van der Waals surface area contributed by atoms with Crippen LogP contribution in [0.25, 0.3) is 0 Å². The van der Waals surface area contributed by atoms with E-state index in [-0.39, 0.29) is 25.4 Å². The molecule has 0 aliphatic carbocycles. The zero-order valence-corrected chi connectivity index (χ0v) is 11.6. The van der Waals surface area contributed by atoms with Gasteiger partial charge in [0.05, 0.1) is 19.1 Å². The normalized spacial score (nSPS) is 26.6. The molecule has 1 rings (SSSR count). The molecule has 3 unspecified atom stereocenters. The number of carbonyl (C=O) groups is 1. The molecule has 3 atom stereocenters. The summed E-state index contributed by atoms with van der Waals surface area (Å²) >= 11 is 0. The predicted molar refractivity (Wildman–Crippen MR) is 64.9 cm³/mol. The van der Waals surface area contributed by atoms with Crippen LogP contribution in [0, 0.1) is 23.2 Å². The monoisotopic (exact) mass is 274 g/mol. The molecule has 0 saturated carbocycles. The maximum atomic E-state index is 12.1. The molecule has 0 spiro atoms. The van der Waals surface area contributed by atoms with Gasteiger partial charge in [0.1, 0.15) is 0 Å². The number of ether oxygens (including phenoxy) is 1. The molecule has 1 heterocycles. The number of hydrogen-bond acceptors (Lipinski definition) is 5. The van der Waals surface area contributed by atoms with Crippen LogP contribution in [0.15, 0.2) is 0 Å². The molecular weight excluding hydrogens is 256 g/mol. The summed E-state index contributed by atoms with van der Waals surface area (Å²) in [5, 5.41) is 7.82. The quantitative estimate of drug-likeness (QED) is 0.691. The molecule has 1 saturated heterocycles. The smallest absolute Gasteiger partial charge is 0.310 e. The minimum atomic E-state index is -3.64. The van der Waals surface area contributed by atoms with Crippen LogP contribution in [0.4, 0.5) is 0 Å². The van der Waals surface area contributed by atoms with E-state index in [1.54, 1.807) is 13.0 Å². The van der Waals surface area contributed by atoms with Crippen molar-refractivity contribution >= 4 is 16.0 Å². The predicted octanol–water partition coefficient (Wildman–Crippen LogP) is 0.359. The lowest BCUT2D eigenvalue weighted by Gasteiger charge is -2.18. The Morgan fingerprint density at radius 1 is 1.56 bits per heavy atom. The number of nitriles is 1. The van der Waals surface area contributed by atoms with Crippen molar-refractivity contribution in [2.45, 2.75) is 25.5 Å². The van der Waals surface area contributed by atoms with Crippen LogP contribution in [-0.2, 0) is 19.6 Å². The number of rotatable bonds is 4. The molecule has 0 aromatic heterocycles. The van der Waals surface area contributed by atoms with Gasteiger partial charge < -0.3 is 4.74 Å². The third-order valence-electron chi connectivity index (χ3n) is 3.32. The van der Waals surface area contributed by atoms with Gasteiger partial charge in [-0.25, -0.2) is 8.42 Å². The van der Waals surface area contributed by atoms with Crippen LogP contribution >= 0.6 is 0 Å². The Kier molecular flexibility index (Phi) is 4.71. The topological polar surface area (TPSA) is 87.5 Å². The van der Waals surface area contributed by atoms with Crippen LogP contribution in [0.2, 0.25) is 0 Å². The summed E-state index contributed by atoms with van der Waals surface area (Å²) in [5.41, 5.74) is 0. The summed E-state index contributed by atoms with van der Waals surface area (Å²) in [7, 11) is -2.36. The van der Waals surface area contributed by atoms with Crippen LogP contribution < -0.4 is 0 Å². The Morgan fingerprint density at radius 2 is 2.17 bits per heavy atom. The van der Waals surface area contributed by atoms with E-state index < -0.39 is 27.2 Å². The van der Waals surface area contributed by atoms with E-state index >= 15 is 0 Å². The Morgan fingerprint density at radius 3 is 2.61 bits per heavy atom. The summed E-state index contributed by atoms with van der Waals surface area (Å²) in [6, 6.07) is 1.80. The summed E-state index contributed by atoms with van der Waals surface area (Å²) in [6.45, 7) is 3.84. The van der Waals surface area contributed by atoms with E-state index in [4.69, 9.17) is 5.26 Å². The van der Waals surface area contributed by atoms with E-state index in [9.17, 15) is 13.2 Å². The number of methoxy groups -OCH3 is 1. The third-order valence-corrected chi connectivity index (χ3v) is 5.49. The average molecular weight is 274 g/mol. The Hall–Kier alpha value is -1.13. The van der Waals surface area contributed by atoms with E-state index in [1.165, 1.54) is 11.4 Å². The van der Waals surface area contributed by atoms with Crippen molar-refractivity contribution in [3.8, 4) is 6.07 Å². The summed E-state index contributed by atoms with van der Waals surface area (Å²) < 4.78 is 30.2. The maximum absolute atomic E-state index is 12.1. The maximum Gasteiger partial charge on any atom is 0.310 e. The molecule has 102 valence electrons. The number of hydrogen-bond donors (Lipinski definition) is 0. The molecule has 0 N–H and O–H groups in total. The first-order chi connectivity index (χ1) is 8.38. The molecule has 18 heavy (non-hydrogen) atoms. The number of sulfonamides is 1. The van der Waals surface area contributed by atoms with E-state index in [0.717, 1.165) is 0 Å². The third kappa shape index (κ3) is 2.65. The molecule has 1 aliphatic rings. The van der Waals surface area contributed by atoms with Crippen LogP contribution in [0.5, 0.6) is 0 Å². The Bertz CT molecular complexity index is 454. The Labute approximate surface area is 108 Å². The lowest BCUT2D eigenvalue weighted by atomic mass is 9.99. The highest BCUT2D eigenvalue weighted by atomic mass is 32.2. The van der Waals surface area contributed by atoms with Crippen molar-refractivity contribution in [3.63, 3.8) is 0 Å². The van der Waals surface area contributed by atoms with Gasteiger partial charge >= 0.3 is 5.97 Å². The second kappa shape index (κ2) is 5.67. The zero-order valence-electron chi connectivity index (χ0n) is 10.8. The Balaban J connectivity index is 2.89. The van der Waals surface area contributed by atoms with Gasteiger partial charge in [-0.15, -0.1) is 0 Å². The largest absolute Gasteiger partial charge is 0.469 e. The molecule has 0 bridgehead atoms. The highest BCUT2D eigenvalue weighted by Crippen LogP contribution is 2.28. The molecule has 1 aliphatic heterocycles. The second-order valence-electron chi connectivity index (χ2n) is 4.49. The minimum Gasteiger partial charge on any atom is -0.469 e. The van der Waals surface area contributed by atoms with Crippen molar-refractivity contribution in [3.05, 3.63) is 0 Å². The van der Waals surface area contributed by atoms with Gasteiger partial charge in [-0.3, -0.25) is 4.79 Å². The molecule has 0 aromatic rings. The number of carbonyl (C=O) groups excluding carboxylic acids is 1. The summed E-state index contributed by atoms with van der Waals surface area (Å²) in [6.07, 6.45) is 0.243. The van der Waals surface area contributed by atoms with Gasteiger partial charge in [-0.1, -0.05) is 13.8 Å². The highest BCUT2D eigenvalue weighted by Gasteiger charge is 2.43. The van der Waals surface area contributed by atoms with Gasteiger partial charge in [0.25, 0.3) is 0 Å². The SMILES string of the molecule is CCC(C#N)S(=O)(=O)N1CC(C)C(C(=O)OC)C1. The van der Waals surface area contributed by atoms with Gasteiger partial charge in [0.2, 0.25) is 10.0 Å². The van der Waals surface area contributed by atoms with E-state index in [1.807, 2.05) is 6.92 Å². The fraction of sp³-hybridized carbons (Fsp3) is 0.818. The second-order valence-corrected chi connectivity index (χ2v) is 6.61. The van der Waals surface area contributed by atoms with Crippen molar-refractivity contribution in [1.82, 2.24) is 4.31 Å². The lowest BCUT2D eigenvalue weighted by molar-refractivity contribution is -0.145. The van der Waals surface area contributed by atoms with Gasteiger partial charge in [0.15, 0.2) is 5.25 Å². The first-order valence-electron chi connectivity index (χ1n) is 5.84. The molecule has 0 amide bonds. The fourth-order valence-corrected chi connectivity index (χ4v) is 3.86.